The number of ether oxygens (including phenoxy) is 1. The topological polar surface area (TPSA) is 38.3 Å². The maximum absolute atomic E-state index is 11.6. The maximum atomic E-state index is 11.6. The molecule has 0 radical (unpaired) electrons. The number of carbonyl (C=O) groups is 1. The molecule has 5 heteroatoms. The van der Waals surface area contributed by atoms with Crippen molar-refractivity contribution in [3.8, 4) is 5.75 Å². The van der Waals surface area contributed by atoms with Crippen LogP contribution in [0.2, 0.25) is 0 Å². The minimum absolute atomic E-state index is 0.143. The summed E-state index contributed by atoms with van der Waals surface area (Å²) in [4.78, 5) is 12.2. The fourth-order valence-corrected chi connectivity index (χ4v) is 2.54. The van der Waals surface area contributed by atoms with Gasteiger partial charge in [-0.3, -0.25) is 4.79 Å². The molecule has 0 bridgehead atoms. The predicted octanol–water partition coefficient (Wildman–Crippen LogP) is 2.96. The first-order valence-electron chi connectivity index (χ1n) is 5.67. The van der Waals surface area contributed by atoms with Crippen molar-refractivity contribution in [1.82, 2.24) is 5.32 Å². The molecule has 1 heterocycles. The number of amides is 1. The first-order valence-corrected chi connectivity index (χ1v) is 6.90. The Morgan fingerprint density at radius 1 is 1.44 bits per heavy atom. The second-order valence-electron chi connectivity index (χ2n) is 3.74. The molecule has 18 heavy (non-hydrogen) atoms. The molecule has 1 fully saturated rings. The zero-order chi connectivity index (χ0) is 13.0. The Bertz CT molecular complexity index is 511. The van der Waals surface area contributed by atoms with Crippen LogP contribution in [0.4, 0.5) is 0 Å². The van der Waals surface area contributed by atoms with Crippen molar-refractivity contribution in [3.63, 3.8) is 0 Å². The van der Waals surface area contributed by atoms with E-state index < -0.39 is 0 Å². The molecule has 94 valence electrons. The molecule has 0 spiro atoms. The van der Waals surface area contributed by atoms with Gasteiger partial charge in [-0.15, -0.1) is 0 Å². The van der Waals surface area contributed by atoms with Crippen molar-refractivity contribution in [1.29, 1.82) is 0 Å². The number of rotatable bonds is 4. The Morgan fingerprint density at radius 3 is 2.89 bits per heavy atom. The van der Waals surface area contributed by atoms with Crippen LogP contribution in [-0.2, 0) is 4.79 Å². The van der Waals surface area contributed by atoms with Crippen LogP contribution in [0.1, 0.15) is 18.9 Å². The molecular weight excluding hydrogens is 266 g/mol. The van der Waals surface area contributed by atoms with E-state index in [0.29, 0.717) is 15.8 Å². The number of carbonyl (C=O) groups excluding carboxylic acids is 1. The third kappa shape index (κ3) is 3.11. The summed E-state index contributed by atoms with van der Waals surface area (Å²) in [6.07, 6.45) is 2.76. The zero-order valence-corrected chi connectivity index (χ0v) is 11.6. The Morgan fingerprint density at radius 2 is 2.22 bits per heavy atom. The molecule has 0 saturated carbocycles. The lowest BCUT2D eigenvalue weighted by Crippen LogP contribution is -2.17. The van der Waals surface area contributed by atoms with Crippen LogP contribution in [-0.4, -0.2) is 16.8 Å². The summed E-state index contributed by atoms with van der Waals surface area (Å²) in [7, 11) is 0. The highest BCUT2D eigenvalue weighted by atomic mass is 32.2. The average molecular weight is 279 g/mol. The van der Waals surface area contributed by atoms with Crippen LogP contribution in [0.3, 0.4) is 0 Å². The van der Waals surface area contributed by atoms with E-state index in [2.05, 4.69) is 12.2 Å². The molecule has 1 aliphatic rings. The second kappa shape index (κ2) is 6.02. The fraction of sp³-hybridized carbons (Fsp3) is 0.231. The molecule has 0 unspecified atom stereocenters. The molecular formula is C13H13NO2S2. The average Bonchev–Trinajstić information content (AvgIpc) is 2.67. The molecule has 1 aromatic rings. The fourth-order valence-electron chi connectivity index (χ4n) is 1.51. The highest BCUT2D eigenvalue weighted by Gasteiger charge is 2.22. The molecule has 1 aliphatic heterocycles. The maximum Gasteiger partial charge on any atom is 0.263 e. The van der Waals surface area contributed by atoms with Gasteiger partial charge in [0.15, 0.2) is 0 Å². The number of hydrogen-bond acceptors (Lipinski definition) is 4. The van der Waals surface area contributed by atoms with Crippen LogP contribution in [0.15, 0.2) is 29.2 Å². The SMILES string of the molecule is CCCOc1ccccc1/C=C1/SC(=S)NC1=O. The minimum Gasteiger partial charge on any atom is -0.493 e. The number of benzene rings is 1. The molecule has 0 aliphatic carbocycles. The minimum atomic E-state index is -0.143. The smallest absolute Gasteiger partial charge is 0.263 e. The molecule has 1 amide bonds. The normalized spacial score (nSPS) is 17.1. The second-order valence-corrected chi connectivity index (χ2v) is 5.46. The molecule has 3 nitrogen and oxygen atoms in total. The number of thiocarbonyl (C=S) groups is 1. The van der Waals surface area contributed by atoms with Gasteiger partial charge in [0.05, 0.1) is 11.5 Å². The Balaban J connectivity index is 2.25. The van der Waals surface area contributed by atoms with Gasteiger partial charge in [0.2, 0.25) is 0 Å². The Labute approximate surface area is 116 Å². The summed E-state index contributed by atoms with van der Waals surface area (Å²) in [5.74, 6) is 0.647. The van der Waals surface area contributed by atoms with E-state index >= 15 is 0 Å². The predicted molar refractivity (Wildman–Crippen MR) is 78.5 cm³/mol. The number of para-hydroxylation sites is 1. The van der Waals surface area contributed by atoms with Gasteiger partial charge in [-0.05, 0) is 18.6 Å². The summed E-state index contributed by atoms with van der Waals surface area (Å²) in [6, 6.07) is 7.66. The largest absolute Gasteiger partial charge is 0.493 e. The molecule has 1 aromatic carbocycles. The summed E-state index contributed by atoms with van der Waals surface area (Å²) >= 11 is 6.23. The number of hydrogen-bond donors (Lipinski definition) is 1. The van der Waals surface area contributed by atoms with Crippen LogP contribution in [0, 0.1) is 0 Å². The molecule has 0 atom stereocenters. The zero-order valence-electron chi connectivity index (χ0n) is 9.93. The summed E-state index contributed by atoms with van der Waals surface area (Å²) in [5.41, 5.74) is 0.897. The van der Waals surface area contributed by atoms with Gasteiger partial charge in [0, 0.05) is 5.56 Å². The van der Waals surface area contributed by atoms with Crippen LogP contribution in [0.5, 0.6) is 5.75 Å². The van der Waals surface area contributed by atoms with E-state index in [4.69, 9.17) is 17.0 Å². The molecule has 0 aromatic heterocycles. The summed E-state index contributed by atoms with van der Waals surface area (Å²) < 4.78 is 6.14. The first kappa shape index (κ1) is 13.1. The van der Waals surface area contributed by atoms with Gasteiger partial charge in [-0.1, -0.05) is 49.1 Å². The standard InChI is InChI=1S/C13H13NO2S2/c1-2-7-16-10-6-4-3-5-9(10)8-11-12(15)14-13(17)18-11/h3-6,8H,2,7H2,1H3,(H,14,15,17)/b11-8+. The number of thioether (sulfide) groups is 1. The van der Waals surface area contributed by atoms with E-state index in [1.54, 1.807) is 0 Å². The first-order chi connectivity index (χ1) is 8.70. The highest BCUT2D eigenvalue weighted by molar-refractivity contribution is 8.26. The van der Waals surface area contributed by atoms with Gasteiger partial charge < -0.3 is 10.1 Å². The highest BCUT2D eigenvalue weighted by Crippen LogP contribution is 2.29. The summed E-state index contributed by atoms with van der Waals surface area (Å²) in [5, 5.41) is 2.60. The van der Waals surface area contributed by atoms with Gasteiger partial charge in [0.1, 0.15) is 10.1 Å². The summed E-state index contributed by atoms with van der Waals surface area (Å²) in [6.45, 7) is 2.72. The van der Waals surface area contributed by atoms with Gasteiger partial charge >= 0.3 is 0 Å². The molecule has 2 rings (SSSR count). The van der Waals surface area contributed by atoms with E-state index in [1.807, 2.05) is 30.3 Å². The van der Waals surface area contributed by atoms with Crippen LogP contribution >= 0.6 is 24.0 Å². The molecule has 1 saturated heterocycles. The van der Waals surface area contributed by atoms with E-state index in [1.165, 1.54) is 11.8 Å². The van der Waals surface area contributed by atoms with E-state index in [9.17, 15) is 4.79 Å². The van der Waals surface area contributed by atoms with Crippen molar-refractivity contribution in [2.45, 2.75) is 13.3 Å². The number of nitrogens with one attached hydrogen (secondary N) is 1. The van der Waals surface area contributed by atoms with Crippen molar-refractivity contribution in [2.75, 3.05) is 6.61 Å². The van der Waals surface area contributed by atoms with Gasteiger partial charge in [-0.2, -0.15) is 0 Å². The quantitative estimate of drug-likeness (QED) is 0.679. The van der Waals surface area contributed by atoms with Crippen LogP contribution in [0.25, 0.3) is 6.08 Å². The monoisotopic (exact) mass is 279 g/mol. The lowest BCUT2D eigenvalue weighted by molar-refractivity contribution is -0.115. The van der Waals surface area contributed by atoms with Crippen molar-refractivity contribution in [2.24, 2.45) is 0 Å². The van der Waals surface area contributed by atoms with Gasteiger partial charge in [0.25, 0.3) is 5.91 Å². The van der Waals surface area contributed by atoms with Crippen molar-refractivity contribution in [3.05, 3.63) is 34.7 Å². The van der Waals surface area contributed by atoms with E-state index in [0.717, 1.165) is 17.7 Å². The lowest BCUT2D eigenvalue weighted by Gasteiger charge is -2.07. The van der Waals surface area contributed by atoms with Crippen LogP contribution < -0.4 is 10.1 Å². The van der Waals surface area contributed by atoms with Crippen molar-refractivity contribution < 1.29 is 9.53 Å². The third-order valence-electron chi connectivity index (χ3n) is 2.31. The van der Waals surface area contributed by atoms with E-state index in [-0.39, 0.29) is 5.91 Å². The third-order valence-corrected chi connectivity index (χ3v) is 3.47. The Hall–Kier alpha value is -1.33. The lowest BCUT2D eigenvalue weighted by atomic mass is 10.2. The van der Waals surface area contributed by atoms with Crippen molar-refractivity contribution >= 4 is 40.3 Å². The Kier molecular flexibility index (Phi) is 4.38. The van der Waals surface area contributed by atoms with Gasteiger partial charge in [-0.25, -0.2) is 0 Å². The molecule has 1 N–H and O–H groups in total.